The summed E-state index contributed by atoms with van der Waals surface area (Å²) >= 11 is 3.31. The van der Waals surface area contributed by atoms with Gasteiger partial charge in [0, 0.05) is 21.9 Å². The van der Waals surface area contributed by atoms with Gasteiger partial charge in [-0.2, -0.15) is 0 Å². The van der Waals surface area contributed by atoms with Crippen LogP contribution >= 0.6 is 15.9 Å². The van der Waals surface area contributed by atoms with Crippen LogP contribution in [0.2, 0.25) is 0 Å². The summed E-state index contributed by atoms with van der Waals surface area (Å²) in [4.78, 5) is 23.5. The molecule has 0 fully saturated rings. The van der Waals surface area contributed by atoms with Gasteiger partial charge in [0.25, 0.3) is 0 Å². The van der Waals surface area contributed by atoms with Crippen LogP contribution in [-0.2, 0) is 9.59 Å². The molecule has 2 aromatic carbocycles. The fourth-order valence-corrected chi connectivity index (χ4v) is 2.00. The zero-order valence-electron chi connectivity index (χ0n) is 11.4. The maximum absolute atomic E-state index is 13.0. The Labute approximate surface area is 133 Å². The van der Waals surface area contributed by atoms with Crippen LogP contribution in [0.5, 0.6) is 0 Å². The average molecular weight is 369 g/mol. The van der Waals surface area contributed by atoms with E-state index < -0.39 is 23.4 Å². The molecule has 4 nitrogen and oxygen atoms in total. The average Bonchev–Trinajstić information content (AvgIpc) is 2.46. The number of amides is 2. The number of hydrogen-bond donors (Lipinski definition) is 2. The second-order valence-electron chi connectivity index (χ2n) is 4.50. The molecule has 0 saturated carbocycles. The van der Waals surface area contributed by atoms with Crippen LogP contribution in [0.1, 0.15) is 5.56 Å². The molecule has 0 aliphatic heterocycles. The molecule has 0 saturated heterocycles. The highest BCUT2D eigenvalue weighted by Gasteiger charge is 2.15. The monoisotopic (exact) mass is 368 g/mol. The molecule has 0 radical (unpaired) electrons. The number of benzene rings is 2. The van der Waals surface area contributed by atoms with E-state index in [-0.39, 0.29) is 5.69 Å². The summed E-state index contributed by atoms with van der Waals surface area (Å²) in [6.07, 6.45) is 0. The number of hydrogen-bond acceptors (Lipinski definition) is 2. The van der Waals surface area contributed by atoms with Gasteiger partial charge in [-0.25, -0.2) is 8.78 Å². The van der Waals surface area contributed by atoms with E-state index in [4.69, 9.17) is 0 Å². The van der Waals surface area contributed by atoms with Crippen molar-refractivity contribution in [2.45, 2.75) is 6.92 Å². The molecule has 7 heteroatoms. The number of rotatable bonds is 2. The molecule has 114 valence electrons. The molecular weight excluding hydrogens is 358 g/mol. The van der Waals surface area contributed by atoms with Crippen molar-refractivity contribution >= 4 is 39.1 Å². The maximum Gasteiger partial charge on any atom is 0.314 e. The third kappa shape index (κ3) is 3.88. The highest BCUT2D eigenvalue weighted by atomic mass is 79.9. The first-order valence-electron chi connectivity index (χ1n) is 6.20. The largest absolute Gasteiger partial charge is 0.318 e. The number of carbonyl (C=O) groups excluding carboxylic acids is 2. The first kappa shape index (κ1) is 16.1. The summed E-state index contributed by atoms with van der Waals surface area (Å²) in [5.74, 6) is -4.05. The van der Waals surface area contributed by atoms with Gasteiger partial charge in [0.2, 0.25) is 0 Å². The molecule has 22 heavy (non-hydrogen) atoms. The standard InChI is InChI=1S/C15H11BrF2N2O2/c1-8-2-3-9(6-11(8)16)19-14(21)15(22)20-10-4-5-12(17)13(18)7-10/h2-7H,1H3,(H,19,21)(H,20,22). The van der Waals surface area contributed by atoms with Gasteiger partial charge in [0.15, 0.2) is 11.6 Å². The number of halogens is 3. The number of nitrogens with one attached hydrogen (secondary N) is 2. The number of aryl methyl sites for hydroxylation is 1. The Morgan fingerprint density at radius 3 is 2.00 bits per heavy atom. The van der Waals surface area contributed by atoms with Crippen molar-refractivity contribution in [2.75, 3.05) is 10.6 Å². The van der Waals surface area contributed by atoms with Gasteiger partial charge in [-0.3, -0.25) is 9.59 Å². The summed E-state index contributed by atoms with van der Waals surface area (Å²) in [6.45, 7) is 1.88. The lowest BCUT2D eigenvalue weighted by Gasteiger charge is -2.08. The van der Waals surface area contributed by atoms with E-state index in [0.29, 0.717) is 5.69 Å². The first-order valence-corrected chi connectivity index (χ1v) is 6.99. The summed E-state index contributed by atoms with van der Waals surface area (Å²) in [7, 11) is 0. The lowest BCUT2D eigenvalue weighted by molar-refractivity contribution is -0.133. The zero-order valence-corrected chi connectivity index (χ0v) is 13.0. The second-order valence-corrected chi connectivity index (χ2v) is 5.36. The van der Waals surface area contributed by atoms with Crippen molar-refractivity contribution in [3.05, 3.63) is 58.1 Å². The molecule has 0 heterocycles. The first-order chi connectivity index (χ1) is 10.4. The quantitative estimate of drug-likeness (QED) is 0.795. The van der Waals surface area contributed by atoms with Gasteiger partial charge in [-0.1, -0.05) is 22.0 Å². The topological polar surface area (TPSA) is 58.2 Å². The van der Waals surface area contributed by atoms with Crippen LogP contribution in [0.3, 0.4) is 0 Å². The molecule has 0 aliphatic carbocycles. The molecule has 2 rings (SSSR count). The van der Waals surface area contributed by atoms with Gasteiger partial charge in [0.1, 0.15) is 0 Å². The fourth-order valence-electron chi connectivity index (χ4n) is 1.62. The molecule has 2 aromatic rings. The Hall–Kier alpha value is -2.28. The molecule has 2 N–H and O–H groups in total. The van der Waals surface area contributed by atoms with Crippen molar-refractivity contribution in [2.24, 2.45) is 0 Å². The SMILES string of the molecule is Cc1ccc(NC(=O)C(=O)Nc2ccc(F)c(F)c2)cc1Br. The van der Waals surface area contributed by atoms with Crippen LogP contribution < -0.4 is 10.6 Å². The maximum atomic E-state index is 13.0. The van der Waals surface area contributed by atoms with Crippen LogP contribution in [-0.4, -0.2) is 11.8 Å². The highest BCUT2D eigenvalue weighted by molar-refractivity contribution is 9.10. The van der Waals surface area contributed by atoms with Gasteiger partial charge < -0.3 is 10.6 Å². The van der Waals surface area contributed by atoms with Crippen LogP contribution in [0, 0.1) is 18.6 Å². The molecule has 2 amide bonds. The predicted molar refractivity (Wildman–Crippen MR) is 82.5 cm³/mol. The van der Waals surface area contributed by atoms with E-state index in [9.17, 15) is 18.4 Å². The van der Waals surface area contributed by atoms with Crippen molar-refractivity contribution in [1.82, 2.24) is 0 Å². The predicted octanol–water partition coefficient (Wildman–Crippen LogP) is 3.61. The lowest BCUT2D eigenvalue weighted by Crippen LogP contribution is -2.29. The molecule has 0 atom stereocenters. The van der Waals surface area contributed by atoms with E-state index in [1.165, 1.54) is 0 Å². The summed E-state index contributed by atoms with van der Waals surface area (Å²) in [5, 5.41) is 4.59. The summed E-state index contributed by atoms with van der Waals surface area (Å²) in [5.41, 5.74) is 1.40. The third-order valence-corrected chi connectivity index (χ3v) is 3.67. The minimum absolute atomic E-state index is 0.0101. The fraction of sp³-hybridized carbons (Fsp3) is 0.0667. The number of anilines is 2. The van der Waals surface area contributed by atoms with Gasteiger partial charge in [0.05, 0.1) is 0 Å². The molecule has 0 spiro atoms. The Bertz CT molecular complexity index is 687. The van der Waals surface area contributed by atoms with Gasteiger partial charge in [-0.05, 0) is 36.8 Å². The molecule has 0 unspecified atom stereocenters. The minimum Gasteiger partial charge on any atom is -0.318 e. The summed E-state index contributed by atoms with van der Waals surface area (Å²) in [6, 6.07) is 7.88. The highest BCUT2D eigenvalue weighted by Crippen LogP contribution is 2.20. The zero-order chi connectivity index (χ0) is 16.3. The van der Waals surface area contributed by atoms with Crippen LogP contribution in [0.4, 0.5) is 20.2 Å². The Balaban J connectivity index is 2.04. The van der Waals surface area contributed by atoms with Gasteiger partial charge in [-0.15, -0.1) is 0 Å². The molecule has 0 aromatic heterocycles. The lowest BCUT2D eigenvalue weighted by atomic mass is 10.2. The molecule has 0 bridgehead atoms. The Morgan fingerprint density at radius 2 is 1.45 bits per heavy atom. The van der Waals surface area contributed by atoms with Crippen molar-refractivity contribution in [1.29, 1.82) is 0 Å². The van der Waals surface area contributed by atoms with E-state index >= 15 is 0 Å². The van der Waals surface area contributed by atoms with Crippen molar-refractivity contribution < 1.29 is 18.4 Å². The third-order valence-electron chi connectivity index (χ3n) is 2.81. The Morgan fingerprint density at radius 1 is 0.909 bits per heavy atom. The van der Waals surface area contributed by atoms with Gasteiger partial charge >= 0.3 is 11.8 Å². The number of carbonyl (C=O) groups is 2. The van der Waals surface area contributed by atoms with Crippen LogP contribution in [0.15, 0.2) is 40.9 Å². The van der Waals surface area contributed by atoms with Crippen LogP contribution in [0.25, 0.3) is 0 Å². The smallest absolute Gasteiger partial charge is 0.314 e. The molecule has 0 aliphatic rings. The van der Waals surface area contributed by atoms with E-state index in [1.807, 2.05) is 6.92 Å². The van der Waals surface area contributed by atoms with E-state index in [0.717, 1.165) is 28.2 Å². The van der Waals surface area contributed by atoms with Crippen molar-refractivity contribution in [3.63, 3.8) is 0 Å². The normalized spacial score (nSPS) is 10.2. The summed E-state index contributed by atoms with van der Waals surface area (Å²) < 4.78 is 26.6. The van der Waals surface area contributed by atoms with Crippen molar-refractivity contribution in [3.8, 4) is 0 Å². The Kier molecular flexibility index (Phi) is 4.87. The molecular formula is C15H11BrF2N2O2. The van der Waals surface area contributed by atoms with E-state index in [1.54, 1.807) is 18.2 Å². The minimum atomic E-state index is -1.11. The second kappa shape index (κ2) is 6.65. The van der Waals surface area contributed by atoms with E-state index in [2.05, 4.69) is 26.6 Å².